The molecule has 2 nitrogen and oxygen atoms in total. The number of hydrogen-bond donors (Lipinski definition) is 2. The van der Waals surface area contributed by atoms with Crippen molar-refractivity contribution in [3.05, 3.63) is 23.8 Å². The summed E-state index contributed by atoms with van der Waals surface area (Å²) < 4.78 is 0. The van der Waals surface area contributed by atoms with Gasteiger partial charge in [-0.15, -0.1) is 0 Å². The molecule has 2 heteroatoms. The van der Waals surface area contributed by atoms with E-state index in [4.69, 9.17) is 5.73 Å². The molecule has 0 fully saturated rings. The molecule has 0 spiro atoms. The minimum atomic E-state index is 0.376. The largest absolute Gasteiger partial charge is 0.398 e. The van der Waals surface area contributed by atoms with E-state index in [0.29, 0.717) is 5.41 Å². The van der Waals surface area contributed by atoms with Gasteiger partial charge in [0.25, 0.3) is 0 Å². The second-order valence-electron chi connectivity index (χ2n) is 5.26. The molecule has 1 aromatic carbocycles. The van der Waals surface area contributed by atoms with Gasteiger partial charge in [0.1, 0.15) is 0 Å². The summed E-state index contributed by atoms with van der Waals surface area (Å²) in [6.07, 6.45) is 1.15. The second-order valence-corrected chi connectivity index (χ2v) is 5.26. The molecular weight excluding hydrogens is 184 g/mol. The predicted octanol–water partition coefficient (Wildman–Crippen LogP) is 3.43. The van der Waals surface area contributed by atoms with E-state index in [-0.39, 0.29) is 0 Å². The van der Waals surface area contributed by atoms with Gasteiger partial charge >= 0.3 is 0 Å². The Morgan fingerprint density at radius 3 is 2.53 bits per heavy atom. The minimum Gasteiger partial charge on any atom is -0.398 e. The van der Waals surface area contributed by atoms with Crippen LogP contribution in [0.1, 0.15) is 32.8 Å². The third kappa shape index (κ3) is 3.82. The van der Waals surface area contributed by atoms with Crippen molar-refractivity contribution >= 4 is 11.4 Å². The summed E-state index contributed by atoms with van der Waals surface area (Å²) in [5.41, 5.74) is 9.37. The van der Waals surface area contributed by atoms with E-state index in [9.17, 15) is 0 Å². The summed E-state index contributed by atoms with van der Waals surface area (Å²) >= 11 is 0. The van der Waals surface area contributed by atoms with Crippen molar-refractivity contribution in [3.8, 4) is 0 Å². The SMILES string of the molecule is Cc1c(N)cccc1NCCC(C)(C)C. The number of anilines is 2. The van der Waals surface area contributed by atoms with Crippen LogP contribution in [0.5, 0.6) is 0 Å². The zero-order chi connectivity index (χ0) is 11.5. The van der Waals surface area contributed by atoms with E-state index in [1.807, 2.05) is 12.1 Å². The molecule has 0 atom stereocenters. The Morgan fingerprint density at radius 2 is 1.93 bits per heavy atom. The second kappa shape index (κ2) is 4.56. The van der Waals surface area contributed by atoms with Gasteiger partial charge in [-0.3, -0.25) is 0 Å². The fourth-order valence-corrected chi connectivity index (χ4v) is 1.42. The third-order valence-corrected chi connectivity index (χ3v) is 2.57. The van der Waals surface area contributed by atoms with Crippen LogP contribution in [0.15, 0.2) is 18.2 Å². The Kier molecular flexibility index (Phi) is 3.61. The first-order valence-corrected chi connectivity index (χ1v) is 5.49. The van der Waals surface area contributed by atoms with Gasteiger partial charge < -0.3 is 11.1 Å². The summed E-state index contributed by atoms with van der Waals surface area (Å²) in [5, 5.41) is 3.43. The maximum atomic E-state index is 5.84. The first-order valence-electron chi connectivity index (χ1n) is 5.49. The van der Waals surface area contributed by atoms with Crippen LogP contribution < -0.4 is 11.1 Å². The van der Waals surface area contributed by atoms with Crippen molar-refractivity contribution in [2.24, 2.45) is 5.41 Å². The van der Waals surface area contributed by atoms with Crippen LogP contribution in [0.2, 0.25) is 0 Å². The fourth-order valence-electron chi connectivity index (χ4n) is 1.42. The average Bonchev–Trinajstić information content (AvgIpc) is 2.10. The van der Waals surface area contributed by atoms with Crippen molar-refractivity contribution in [3.63, 3.8) is 0 Å². The Balaban J connectivity index is 2.55. The van der Waals surface area contributed by atoms with Crippen LogP contribution in [0.3, 0.4) is 0 Å². The highest BCUT2D eigenvalue weighted by Gasteiger charge is 2.09. The molecule has 0 amide bonds. The van der Waals surface area contributed by atoms with Gasteiger partial charge in [-0.2, -0.15) is 0 Å². The van der Waals surface area contributed by atoms with Crippen LogP contribution in [-0.4, -0.2) is 6.54 Å². The van der Waals surface area contributed by atoms with E-state index in [1.54, 1.807) is 0 Å². The van der Waals surface area contributed by atoms with Gasteiger partial charge in [0, 0.05) is 17.9 Å². The number of nitrogens with one attached hydrogen (secondary N) is 1. The summed E-state index contributed by atoms with van der Waals surface area (Å²) in [7, 11) is 0. The normalized spacial score (nSPS) is 11.5. The topological polar surface area (TPSA) is 38.0 Å². The zero-order valence-corrected chi connectivity index (χ0v) is 10.2. The summed E-state index contributed by atoms with van der Waals surface area (Å²) in [6, 6.07) is 6.00. The van der Waals surface area contributed by atoms with E-state index >= 15 is 0 Å². The number of rotatable bonds is 3. The molecule has 15 heavy (non-hydrogen) atoms. The lowest BCUT2D eigenvalue weighted by Crippen LogP contribution is -2.13. The van der Waals surface area contributed by atoms with Gasteiger partial charge in [-0.25, -0.2) is 0 Å². The van der Waals surface area contributed by atoms with Crippen molar-refractivity contribution in [2.45, 2.75) is 34.1 Å². The molecule has 0 aliphatic heterocycles. The maximum Gasteiger partial charge on any atom is 0.0390 e. The van der Waals surface area contributed by atoms with Crippen LogP contribution in [0.25, 0.3) is 0 Å². The average molecular weight is 206 g/mol. The van der Waals surface area contributed by atoms with Gasteiger partial charge in [0.2, 0.25) is 0 Å². The molecule has 0 aromatic heterocycles. The summed E-state index contributed by atoms with van der Waals surface area (Å²) in [4.78, 5) is 0. The van der Waals surface area contributed by atoms with Crippen molar-refractivity contribution in [2.75, 3.05) is 17.6 Å². The van der Waals surface area contributed by atoms with E-state index in [1.165, 1.54) is 0 Å². The molecule has 3 N–H and O–H groups in total. The molecule has 0 radical (unpaired) electrons. The molecule has 0 saturated heterocycles. The quantitative estimate of drug-likeness (QED) is 0.744. The molecule has 1 aromatic rings. The molecule has 0 heterocycles. The fraction of sp³-hybridized carbons (Fsp3) is 0.538. The highest BCUT2D eigenvalue weighted by molar-refractivity contribution is 5.62. The zero-order valence-electron chi connectivity index (χ0n) is 10.2. The third-order valence-electron chi connectivity index (χ3n) is 2.57. The van der Waals surface area contributed by atoms with Crippen molar-refractivity contribution in [1.82, 2.24) is 0 Å². The number of benzene rings is 1. The predicted molar refractivity (Wildman–Crippen MR) is 68.2 cm³/mol. The van der Waals surface area contributed by atoms with Crippen LogP contribution in [0.4, 0.5) is 11.4 Å². The standard InChI is InChI=1S/C13H22N2/c1-10-11(14)6-5-7-12(10)15-9-8-13(2,3)4/h5-7,15H,8-9,14H2,1-4H3. The van der Waals surface area contributed by atoms with E-state index in [2.05, 4.69) is 39.1 Å². The van der Waals surface area contributed by atoms with Crippen LogP contribution in [0, 0.1) is 12.3 Å². The lowest BCUT2D eigenvalue weighted by molar-refractivity contribution is 0.390. The lowest BCUT2D eigenvalue weighted by Gasteiger charge is -2.19. The Morgan fingerprint density at radius 1 is 1.27 bits per heavy atom. The van der Waals surface area contributed by atoms with Gasteiger partial charge in [-0.1, -0.05) is 26.8 Å². The Hall–Kier alpha value is -1.18. The smallest absolute Gasteiger partial charge is 0.0390 e. The van der Waals surface area contributed by atoms with E-state index < -0.39 is 0 Å². The number of nitrogens with two attached hydrogens (primary N) is 1. The number of nitrogen functional groups attached to an aromatic ring is 1. The van der Waals surface area contributed by atoms with E-state index in [0.717, 1.165) is 29.9 Å². The Labute approximate surface area is 92.9 Å². The van der Waals surface area contributed by atoms with Crippen LogP contribution in [-0.2, 0) is 0 Å². The molecule has 0 aliphatic carbocycles. The van der Waals surface area contributed by atoms with Crippen molar-refractivity contribution < 1.29 is 0 Å². The highest BCUT2D eigenvalue weighted by Crippen LogP contribution is 2.22. The minimum absolute atomic E-state index is 0.376. The molecule has 1 rings (SSSR count). The molecule has 0 bridgehead atoms. The van der Waals surface area contributed by atoms with Gasteiger partial charge in [-0.05, 0) is 36.5 Å². The first-order chi connectivity index (χ1) is 6.90. The maximum absolute atomic E-state index is 5.84. The van der Waals surface area contributed by atoms with Crippen LogP contribution >= 0.6 is 0 Å². The van der Waals surface area contributed by atoms with Gasteiger partial charge in [0.05, 0.1) is 0 Å². The Bertz CT molecular complexity index is 324. The molecular formula is C13H22N2. The molecule has 0 unspecified atom stereocenters. The molecule has 0 aliphatic rings. The number of hydrogen-bond acceptors (Lipinski definition) is 2. The first kappa shape index (κ1) is 11.9. The van der Waals surface area contributed by atoms with Gasteiger partial charge in [0.15, 0.2) is 0 Å². The van der Waals surface area contributed by atoms with Crippen molar-refractivity contribution in [1.29, 1.82) is 0 Å². The highest BCUT2D eigenvalue weighted by atomic mass is 14.9. The monoisotopic (exact) mass is 206 g/mol. The molecule has 84 valence electrons. The lowest BCUT2D eigenvalue weighted by atomic mass is 9.92. The summed E-state index contributed by atoms with van der Waals surface area (Å²) in [6.45, 7) is 9.80. The summed E-state index contributed by atoms with van der Waals surface area (Å²) in [5.74, 6) is 0. The molecule has 0 saturated carbocycles.